The van der Waals surface area contributed by atoms with Crippen LogP contribution in [-0.4, -0.2) is 30.2 Å². The standard InChI is InChI=1S/C35H25ClN2O5/c36-26-11-5-6-12-27(26)37-18-19(17-28(37)39)35(42)43-21-15-13-20(14-16-21)38-33(40)31-29-22-7-1-2-8-23(22)30(32(31)34(38)41)25-10-4-3-9-24(25)29/h1-16,19,29-32H,17-18H2/t19-,29?,30?,31-,32+/m0/s1. The van der Waals surface area contributed by atoms with Crippen LogP contribution in [0.4, 0.5) is 11.4 Å². The number of anilines is 2. The van der Waals surface area contributed by atoms with E-state index in [1.165, 1.54) is 9.80 Å². The van der Waals surface area contributed by atoms with E-state index in [1.807, 2.05) is 24.3 Å². The van der Waals surface area contributed by atoms with Crippen LogP contribution in [0.5, 0.6) is 5.75 Å². The van der Waals surface area contributed by atoms with Gasteiger partial charge in [-0.3, -0.25) is 19.2 Å². The number of halogens is 1. The highest BCUT2D eigenvalue weighted by Crippen LogP contribution is 2.61. The zero-order valence-corrected chi connectivity index (χ0v) is 23.6. The van der Waals surface area contributed by atoms with Crippen LogP contribution >= 0.6 is 11.6 Å². The van der Waals surface area contributed by atoms with Crippen LogP contribution in [0.2, 0.25) is 5.02 Å². The second-order valence-corrected chi connectivity index (χ2v) is 12.0. The van der Waals surface area contributed by atoms with Gasteiger partial charge in [-0.25, -0.2) is 4.90 Å². The van der Waals surface area contributed by atoms with Gasteiger partial charge in [-0.05, 0) is 58.7 Å². The largest absolute Gasteiger partial charge is 0.426 e. The molecule has 3 aliphatic carbocycles. The smallest absolute Gasteiger partial charge is 0.316 e. The molecule has 0 spiro atoms. The lowest BCUT2D eigenvalue weighted by molar-refractivity contribution is -0.139. The Morgan fingerprint density at radius 1 is 0.698 bits per heavy atom. The Morgan fingerprint density at radius 2 is 1.21 bits per heavy atom. The maximum absolute atomic E-state index is 14.0. The Balaban J connectivity index is 1.02. The molecule has 0 N–H and O–H groups in total. The number of hydrogen-bond donors (Lipinski definition) is 0. The number of benzene rings is 4. The van der Waals surface area contributed by atoms with E-state index < -0.39 is 23.7 Å². The van der Waals surface area contributed by atoms with Crippen LogP contribution in [0.3, 0.4) is 0 Å². The highest BCUT2D eigenvalue weighted by molar-refractivity contribution is 6.34. The Labute approximate surface area is 252 Å². The lowest BCUT2D eigenvalue weighted by Crippen LogP contribution is -2.41. The summed E-state index contributed by atoms with van der Waals surface area (Å²) in [4.78, 5) is 56.4. The van der Waals surface area contributed by atoms with Crippen molar-refractivity contribution in [3.63, 3.8) is 0 Å². The third-order valence-corrected chi connectivity index (χ3v) is 9.68. The van der Waals surface area contributed by atoms with E-state index in [2.05, 4.69) is 24.3 Å². The highest BCUT2D eigenvalue weighted by atomic mass is 35.5. The summed E-state index contributed by atoms with van der Waals surface area (Å²) in [7, 11) is 0. The van der Waals surface area contributed by atoms with Crippen molar-refractivity contribution >= 4 is 46.7 Å². The molecule has 0 unspecified atom stereocenters. The van der Waals surface area contributed by atoms with Crippen molar-refractivity contribution < 1.29 is 23.9 Å². The molecule has 2 aliphatic heterocycles. The van der Waals surface area contributed by atoms with Crippen LogP contribution < -0.4 is 14.5 Å². The normalized spacial score (nSPS) is 25.0. The molecular weight excluding hydrogens is 564 g/mol. The van der Waals surface area contributed by atoms with Gasteiger partial charge >= 0.3 is 5.97 Å². The van der Waals surface area contributed by atoms with Crippen molar-refractivity contribution in [2.75, 3.05) is 16.3 Å². The van der Waals surface area contributed by atoms with E-state index in [-0.39, 0.29) is 48.3 Å². The van der Waals surface area contributed by atoms with Crippen molar-refractivity contribution in [3.05, 3.63) is 124 Å². The number of amides is 3. The minimum atomic E-state index is -0.646. The summed E-state index contributed by atoms with van der Waals surface area (Å²) in [5.74, 6) is -2.81. The number of imide groups is 1. The summed E-state index contributed by atoms with van der Waals surface area (Å²) in [5, 5.41) is 0.437. The molecule has 2 bridgehead atoms. The number of ether oxygens (including phenoxy) is 1. The maximum atomic E-state index is 14.0. The van der Waals surface area contributed by atoms with Crippen LogP contribution in [-0.2, 0) is 19.2 Å². The van der Waals surface area contributed by atoms with Crippen molar-refractivity contribution in [1.82, 2.24) is 0 Å². The monoisotopic (exact) mass is 588 g/mol. The minimum Gasteiger partial charge on any atom is -0.426 e. The summed E-state index contributed by atoms with van der Waals surface area (Å²) in [6.07, 6.45) is 0.0226. The van der Waals surface area contributed by atoms with E-state index in [0.29, 0.717) is 16.4 Å². The molecule has 9 rings (SSSR count). The second-order valence-electron chi connectivity index (χ2n) is 11.5. The fourth-order valence-electron chi connectivity index (χ4n) is 7.56. The molecule has 8 heteroatoms. The van der Waals surface area contributed by atoms with Gasteiger partial charge in [-0.1, -0.05) is 72.3 Å². The maximum Gasteiger partial charge on any atom is 0.316 e. The summed E-state index contributed by atoms with van der Waals surface area (Å²) in [6.45, 7) is 0.173. The zero-order valence-electron chi connectivity index (χ0n) is 22.9. The number of rotatable bonds is 4. The molecule has 4 aromatic rings. The molecule has 0 aromatic heterocycles. The molecule has 3 atom stereocenters. The van der Waals surface area contributed by atoms with Crippen LogP contribution in [0.25, 0.3) is 0 Å². The van der Waals surface area contributed by atoms with Crippen molar-refractivity contribution in [2.24, 2.45) is 17.8 Å². The topological polar surface area (TPSA) is 84.0 Å². The molecule has 7 nitrogen and oxygen atoms in total. The predicted octanol–water partition coefficient (Wildman–Crippen LogP) is 5.70. The van der Waals surface area contributed by atoms with Crippen molar-refractivity contribution in [3.8, 4) is 5.75 Å². The Hall–Kier alpha value is -4.75. The fourth-order valence-corrected chi connectivity index (χ4v) is 7.80. The van der Waals surface area contributed by atoms with Gasteiger partial charge in [0.2, 0.25) is 17.7 Å². The molecule has 3 amide bonds. The minimum absolute atomic E-state index is 0.0226. The van der Waals surface area contributed by atoms with Crippen LogP contribution in [0.15, 0.2) is 97.1 Å². The molecule has 0 radical (unpaired) electrons. The van der Waals surface area contributed by atoms with Crippen molar-refractivity contribution in [2.45, 2.75) is 18.3 Å². The van der Waals surface area contributed by atoms with E-state index in [9.17, 15) is 19.2 Å². The number of esters is 1. The lowest BCUT2D eigenvalue weighted by atomic mass is 9.55. The Kier molecular flexibility index (Phi) is 5.81. The first-order valence-electron chi connectivity index (χ1n) is 14.3. The SMILES string of the molecule is O=C(Oc1ccc(N2C(=O)[C@@H]3C4c5ccccc5C(c5ccccc54)[C@@H]3C2=O)cc1)[C@H]1CC(=O)N(c2ccccc2Cl)C1. The molecule has 4 aromatic carbocycles. The first kappa shape index (κ1) is 25.9. The lowest BCUT2D eigenvalue weighted by Gasteiger charge is -2.45. The molecule has 2 heterocycles. The number of carbonyl (C=O) groups excluding carboxylic acids is 4. The van der Waals surface area contributed by atoms with Crippen LogP contribution in [0, 0.1) is 17.8 Å². The zero-order chi connectivity index (χ0) is 29.4. The molecule has 0 saturated carbocycles. The van der Waals surface area contributed by atoms with E-state index in [0.717, 1.165) is 22.3 Å². The van der Waals surface area contributed by atoms with Gasteiger partial charge in [0, 0.05) is 24.8 Å². The second kappa shape index (κ2) is 9.64. The van der Waals surface area contributed by atoms with E-state index >= 15 is 0 Å². The number of nitrogens with zero attached hydrogens (tertiary/aromatic N) is 2. The summed E-state index contributed by atoms with van der Waals surface area (Å²) in [6, 6.07) is 29.7. The summed E-state index contributed by atoms with van der Waals surface area (Å²) in [5.41, 5.74) is 5.49. The Morgan fingerprint density at radius 3 is 1.74 bits per heavy atom. The van der Waals surface area contributed by atoms with Gasteiger partial charge in [0.05, 0.1) is 34.2 Å². The van der Waals surface area contributed by atoms with E-state index in [1.54, 1.807) is 48.5 Å². The van der Waals surface area contributed by atoms with Gasteiger partial charge in [0.25, 0.3) is 0 Å². The van der Waals surface area contributed by atoms with E-state index in [4.69, 9.17) is 16.3 Å². The quantitative estimate of drug-likeness (QED) is 0.174. The average Bonchev–Trinajstić information content (AvgIpc) is 3.54. The third-order valence-electron chi connectivity index (χ3n) is 9.36. The van der Waals surface area contributed by atoms with Crippen molar-refractivity contribution in [1.29, 1.82) is 0 Å². The summed E-state index contributed by atoms with van der Waals surface area (Å²) < 4.78 is 5.62. The molecule has 212 valence electrons. The molecular formula is C35H25ClN2O5. The predicted molar refractivity (Wildman–Crippen MR) is 160 cm³/mol. The van der Waals surface area contributed by atoms with Gasteiger partial charge in [0.1, 0.15) is 5.75 Å². The highest BCUT2D eigenvalue weighted by Gasteiger charge is 2.61. The average molecular weight is 589 g/mol. The Bertz CT molecular complexity index is 1740. The first-order valence-corrected chi connectivity index (χ1v) is 14.7. The number of para-hydroxylation sites is 1. The molecule has 2 fully saturated rings. The number of carbonyl (C=O) groups is 4. The van der Waals surface area contributed by atoms with Gasteiger partial charge in [-0.15, -0.1) is 0 Å². The van der Waals surface area contributed by atoms with Gasteiger partial charge in [-0.2, -0.15) is 0 Å². The first-order chi connectivity index (χ1) is 20.9. The number of hydrogen-bond acceptors (Lipinski definition) is 5. The van der Waals surface area contributed by atoms with Gasteiger partial charge in [0.15, 0.2) is 0 Å². The molecule has 2 saturated heterocycles. The molecule has 5 aliphatic rings. The fraction of sp³-hybridized carbons (Fsp3) is 0.200. The summed E-state index contributed by atoms with van der Waals surface area (Å²) >= 11 is 6.26. The van der Waals surface area contributed by atoms with Crippen LogP contribution in [0.1, 0.15) is 40.5 Å². The third kappa shape index (κ3) is 3.81. The molecule has 43 heavy (non-hydrogen) atoms. The van der Waals surface area contributed by atoms with Gasteiger partial charge < -0.3 is 9.64 Å².